The van der Waals surface area contributed by atoms with Gasteiger partial charge in [0.05, 0.1) is 0 Å². The zero-order valence-corrected chi connectivity index (χ0v) is 13.6. The van der Waals surface area contributed by atoms with E-state index >= 15 is 0 Å². The second kappa shape index (κ2) is 5.37. The van der Waals surface area contributed by atoms with E-state index < -0.39 is 6.04 Å². The minimum atomic E-state index is -0.574. The van der Waals surface area contributed by atoms with Crippen LogP contribution in [0.15, 0.2) is 18.2 Å². The number of imide groups is 1. The van der Waals surface area contributed by atoms with Crippen molar-refractivity contribution in [2.24, 2.45) is 0 Å². The Morgan fingerprint density at radius 2 is 1.96 bits per heavy atom. The molecule has 1 aromatic carbocycles. The van der Waals surface area contributed by atoms with Gasteiger partial charge in [0.25, 0.3) is 5.91 Å². The third kappa shape index (κ3) is 2.93. The number of carbonyl (C=O) groups excluding carboxylic acids is 3. The van der Waals surface area contributed by atoms with Crippen LogP contribution in [0.25, 0.3) is 0 Å². The molecule has 2 heterocycles. The molecule has 3 amide bonds. The molecule has 0 radical (unpaired) electrons. The first kappa shape index (κ1) is 15.5. The molecule has 1 saturated heterocycles. The molecule has 1 fully saturated rings. The maximum Gasteiger partial charge on any atom is 0.255 e. The Labute approximate surface area is 135 Å². The standard InChI is InChI=1S/C17H21N3O3/c1-17(2,3)19-12-6-4-5-10-11(12)9-20(16(10)23)13-7-8-14(21)18-15(13)22/h4-6,13,19H,7-9H2,1-3H3,(H,18,21,22)/t13-/m0/s1. The van der Waals surface area contributed by atoms with E-state index in [0.717, 1.165) is 11.3 Å². The van der Waals surface area contributed by atoms with Crippen molar-refractivity contribution in [3.63, 3.8) is 0 Å². The molecule has 23 heavy (non-hydrogen) atoms. The van der Waals surface area contributed by atoms with Crippen molar-refractivity contribution >= 4 is 23.4 Å². The molecule has 3 rings (SSSR count). The maximum absolute atomic E-state index is 12.7. The Bertz CT molecular complexity index is 691. The van der Waals surface area contributed by atoms with E-state index in [-0.39, 0.29) is 29.7 Å². The molecule has 6 nitrogen and oxygen atoms in total. The van der Waals surface area contributed by atoms with Crippen molar-refractivity contribution in [2.45, 2.75) is 51.7 Å². The normalized spacial score (nSPS) is 21.3. The summed E-state index contributed by atoms with van der Waals surface area (Å²) in [6.07, 6.45) is 0.649. The van der Waals surface area contributed by atoms with Crippen LogP contribution in [-0.4, -0.2) is 34.2 Å². The predicted molar refractivity (Wildman–Crippen MR) is 85.9 cm³/mol. The van der Waals surface area contributed by atoms with Gasteiger partial charge in [0.1, 0.15) is 6.04 Å². The van der Waals surface area contributed by atoms with Gasteiger partial charge in [0, 0.05) is 35.3 Å². The molecule has 0 spiro atoms. The van der Waals surface area contributed by atoms with Gasteiger partial charge in [0.15, 0.2) is 0 Å². The van der Waals surface area contributed by atoms with Gasteiger partial charge in [0.2, 0.25) is 11.8 Å². The van der Waals surface area contributed by atoms with Crippen LogP contribution in [0.3, 0.4) is 0 Å². The molecule has 0 saturated carbocycles. The van der Waals surface area contributed by atoms with E-state index in [1.165, 1.54) is 0 Å². The van der Waals surface area contributed by atoms with E-state index in [9.17, 15) is 14.4 Å². The lowest BCUT2D eigenvalue weighted by Crippen LogP contribution is -2.52. The number of nitrogens with zero attached hydrogens (tertiary/aromatic N) is 1. The first-order chi connectivity index (χ1) is 10.8. The first-order valence-electron chi connectivity index (χ1n) is 7.81. The van der Waals surface area contributed by atoms with Crippen molar-refractivity contribution in [1.29, 1.82) is 0 Å². The SMILES string of the molecule is CC(C)(C)Nc1cccc2c1CN([C@H]1CCC(=O)NC1=O)C2=O. The van der Waals surface area contributed by atoms with Gasteiger partial charge in [-0.15, -0.1) is 0 Å². The minimum Gasteiger partial charge on any atom is -0.380 e. The summed E-state index contributed by atoms with van der Waals surface area (Å²) in [7, 11) is 0. The second-order valence-electron chi connectivity index (χ2n) is 7.11. The number of fused-ring (bicyclic) bond motifs is 1. The highest BCUT2D eigenvalue weighted by Crippen LogP contribution is 2.33. The summed E-state index contributed by atoms with van der Waals surface area (Å²) < 4.78 is 0. The molecule has 0 aromatic heterocycles. The quantitative estimate of drug-likeness (QED) is 0.814. The van der Waals surface area contributed by atoms with E-state index in [1.807, 2.05) is 12.1 Å². The topological polar surface area (TPSA) is 78.5 Å². The molecule has 1 aromatic rings. The molecule has 1 atom stereocenters. The van der Waals surface area contributed by atoms with Gasteiger partial charge in [-0.25, -0.2) is 0 Å². The van der Waals surface area contributed by atoms with Gasteiger partial charge >= 0.3 is 0 Å². The molecule has 0 aliphatic carbocycles. The highest BCUT2D eigenvalue weighted by atomic mass is 16.2. The third-order valence-corrected chi connectivity index (χ3v) is 4.09. The number of nitrogens with one attached hydrogen (secondary N) is 2. The van der Waals surface area contributed by atoms with Crippen molar-refractivity contribution in [2.75, 3.05) is 5.32 Å². The molecule has 2 aliphatic heterocycles. The molecular formula is C17H21N3O3. The lowest BCUT2D eigenvalue weighted by molar-refractivity contribution is -0.136. The third-order valence-electron chi connectivity index (χ3n) is 4.09. The van der Waals surface area contributed by atoms with E-state index in [1.54, 1.807) is 11.0 Å². The molecular weight excluding hydrogens is 294 g/mol. The lowest BCUT2D eigenvalue weighted by atomic mass is 10.0. The highest BCUT2D eigenvalue weighted by molar-refractivity contribution is 6.06. The fourth-order valence-corrected chi connectivity index (χ4v) is 3.11. The Morgan fingerprint density at radius 3 is 2.61 bits per heavy atom. The smallest absolute Gasteiger partial charge is 0.255 e. The predicted octanol–water partition coefficient (Wildman–Crippen LogP) is 1.66. The number of hydrogen-bond donors (Lipinski definition) is 2. The summed E-state index contributed by atoms with van der Waals surface area (Å²) in [5, 5.41) is 5.73. The number of rotatable bonds is 2. The van der Waals surface area contributed by atoms with E-state index in [2.05, 4.69) is 31.4 Å². The van der Waals surface area contributed by atoms with Crippen molar-refractivity contribution in [3.8, 4) is 0 Å². The van der Waals surface area contributed by atoms with E-state index in [4.69, 9.17) is 0 Å². The van der Waals surface area contributed by atoms with E-state index in [0.29, 0.717) is 18.5 Å². The Balaban J connectivity index is 1.88. The summed E-state index contributed by atoms with van der Waals surface area (Å²) in [5.74, 6) is -0.801. The van der Waals surface area contributed by atoms with Crippen molar-refractivity contribution < 1.29 is 14.4 Å². The van der Waals surface area contributed by atoms with Gasteiger partial charge in [-0.1, -0.05) is 6.07 Å². The number of hydrogen-bond acceptors (Lipinski definition) is 4. The molecule has 2 aliphatic rings. The number of carbonyl (C=O) groups is 3. The summed E-state index contributed by atoms with van der Waals surface area (Å²) in [5.41, 5.74) is 2.33. The fourth-order valence-electron chi connectivity index (χ4n) is 3.11. The molecule has 0 unspecified atom stereocenters. The number of piperidine rings is 1. The highest BCUT2D eigenvalue weighted by Gasteiger charge is 2.39. The minimum absolute atomic E-state index is 0.125. The number of anilines is 1. The average molecular weight is 315 g/mol. The van der Waals surface area contributed by atoms with Gasteiger partial charge < -0.3 is 10.2 Å². The van der Waals surface area contributed by atoms with Gasteiger partial charge in [-0.2, -0.15) is 0 Å². The summed E-state index contributed by atoms with van der Waals surface area (Å²) >= 11 is 0. The Hall–Kier alpha value is -2.37. The van der Waals surface area contributed by atoms with Crippen LogP contribution in [0.1, 0.15) is 49.5 Å². The summed E-state index contributed by atoms with van der Waals surface area (Å²) in [6, 6.07) is 5.01. The summed E-state index contributed by atoms with van der Waals surface area (Å²) in [6.45, 7) is 6.56. The van der Waals surface area contributed by atoms with Crippen LogP contribution in [0.5, 0.6) is 0 Å². The summed E-state index contributed by atoms with van der Waals surface area (Å²) in [4.78, 5) is 37.6. The molecule has 122 valence electrons. The fraction of sp³-hybridized carbons (Fsp3) is 0.471. The zero-order chi connectivity index (χ0) is 16.8. The molecule has 0 bridgehead atoms. The lowest BCUT2D eigenvalue weighted by Gasteiger charge is -2.29. The van der Waals surface area contributed by atoms with Crippen LogP contribution < -0.4 is 10.6 Å². The zero-order valence-electron chi connectivity index (χ0n) is 13.6. The maximum atomic E-state index is 12.7. The van der Waals surface area contributed by atoms with Crippen LogP contribution in [0.4, 0.5) is 5.69 Å². The van der Waals surface area contributed by atoms with Crippen LogP contribution >= 0.6 is 0 Å². The first-order valence-corrected chi connectivity index (χ1v) is 7.81. The number of benzene rings is 1. The van der Waals surface area contributed by atoms with Crippen molar-refractivity contribution in [3.05, 3.63) is 29.3 Å². The number of amides is 3. The average Bonchev–Trinajstić information content (AvgIpc) is 2.76. The largest absolute Gasteiger partial charge is 0.380 e. The van der Waals surface area contributed by atoms with Crippen LogP contribution in [0, 0.1) is 0 Å². The second-order valence-corrected chi connectivity index (χ2v) is 7.11. The van der Waals surface area contributed by atoms with Gasteiger partial charge in [-0.3, -0.25) is 19.7 Å². The Morgan fingerprint density at radius 1 is 1.22 bits per heavy atom. The van der Waals surface area contributed by atoms with Gasteiger partial charge in [-0.05, 0) is 39.3 Å². The Kier molecular flexibility index (Phi) is 3.62. The van der Waals surface area contributed by atoms with Crippen LogP contribution in [-0.2, 0) is 16.1 Å². The molecule has 2 N–H and O–H groups in total. The molecule has 6 heteroatoms. The monoisotopic (exact) mass is 315 g/mol. The van der Waals surface area contributed by atoms with Crippen LogP contribution in [0.2, 0.25) is 0 Å². The van der Waals surface area contributed by atoms with Crippen molar-refractivity contribution in [1.82, 2.24) is 10.2 Å².